The van der Waals surface area contributed by atoms with Gasteiger partial charge in [-0.25, -0.2) is 4.79 Å². The number of nitrogens with one attached hydrogen (secondary N) is 1. The molecule has 0 aliphatic carbocycles. The van der Waals surface area contributed by atoms with E-state index in [4.69, 9.17) is 4.74 Å². The topological polar surface area (TPSA) is 78.8 Å². The number of aromatic hydroxyl groups is 2. The first-order chi connectivity index (χ1) is 8.65. The molecule has 3 N–H and O–H groups in total. The first-order valence-corrected chi connectivity index (χ1v) is 6.05. The second-order valence-corrected chi connectivity index (χ2v) is 3.94. The van der Waals surface area contributed by atoms with Gasteiger partial charge < -0.3 is 20.3 Å². The van der Waals surface area contributed by atoms with Crippen LogP contribution in [0.3, 0.4) is 0 Å². The number of hydrogen-bond donors (Lipinski definition) is 3. The summed E-state index contributed by atoms with van der Waals surface area (Å²) in [6.45, 7) is 3.81. The Morgan fingerprint density at radius 3 is 2.74 bits per heavy atom. The predicted molar refractivity (Wildman–Crippen MR) is 75.1 cm³/mol. The van der Waals surface area contributed by atoms with Gasteiger partial charge in [-0.1, -0.05) is 13.3 Å². The highest BCUT2D eigenvalue weighted by Crippen LogP contribution is 2.22. The lowest BCUT2D eigenvalue weighted by molar-refractivity contribution is 0.0505. The number of carbonyl (C=O) groups is 1. The molecular formula is C13H20ClNO4. The quantitative estimate of drug-likeness (QED) is 0.407. The minimum absolute atomic E-state index is 0. The summed E-state index contributed by atoms with van der Waals surface area (Å²) in [7, 11) is 0. The van der Waals surface area contributed by atoms with E-state index < -0.39 is 5.97 Å². The van der Waals surface area contributed by atoms with Crippen molar-refractivity contribution >= 4 is 18.4 Å². The minimum atomic E-state index is -0.638. The van der Waals surface area contributed by atoms with Crippen LogP contribution in [0.1, 0.15) is 30.1 Å². The SMILES string of the molecule is CCCCNCCOC(=O)c1cc(O)ccc1O.Cl. The number of ether oxygens (including phenoxy) is 1. The van der Waals surface area contributed by atoms with E-state index in [1.165, 1.54) is 18.2 Å². The number of unbranched alkanes of at least 4 members (excludes halogenated alkanes) is 1. The predicted octanol–water partition coefficient (Wildman–Crippen LogP) is 2.07. The molecule has 0 heterocycles. The van der Waals surface area contributed by atoms with E-state index in [0.717, 1.165) is 19.4 Å². The van der Waals surface area contributed by atoms with Crippen molar-refractivity contribution in [3.63, 3.8) is 0 Å². The number of phenolic OH excluding ortho intramolecular Hbond substituents is 2. The molecule has 0 amide bonds. The average Bonchev–Trinajstić information content (AvgIpc) is 2.36. The maximum Gasteiger partial charge on any atom is 0.342 e. The van der Waals surface area contributed by atoms with Gasteiger partial charge in [0.15, 0.2) is 0 Å². The van der Waals surface area contributed by atoms with Crippen molar-refractivity contribution in [3.05, 3.63) is 23.8 Å². The fraction of sp³-hybridized carbons (Fsp3) is 0.462. The smallest absolute Gasteiger partial charge is 0.342 e. The van der Waals surface area contributed by atoms with Crippen molar-refractivity contribution in [1.29, 1.82) is 0 Å². The third kappa shape index (κ3) is 6.31. The molecular weight excluding hydrogens is 270 g/mol. The van der Waals surface area contributed by atoms with Crippen LogP contribution in [0.5, 0.6) is 11.5 Å². The zero-order valence-electron chi connectivity index (χ0n) is 10.9. The number of rotatable bonds is 7. The molecule has 0 atom stereocenters. The Kier molecular flexibility index (Phi) is 8.74. The summed E-state index contributed by atoms with van der Waals surface area (Å²) in [6.07, 6.45) is 2.20. The van der Waals surface area contributed by atoms with E-state index in [-0.39, 0.29) is 36.1 Å². The van der Waals surface area contributed by atoms with Gasteiger partial charge in [-0.05, 0) is 31.2 Å². The average molecular weight is 290 g/mol. The first kappa shape index (κ1) is 17.5. The third-order valence-corrected chi connectivity index (χ3v) is 2.42. The molecule has 0 saturated carbocycles. The molecule has 0 aliphatic rings. The number of esters is 1. The van der Waals surface area contributed by atoms with E-state index in [1.54, 1.807) is 0 Å². The fourth-order valence-corrected chi connectivity index (χ4v) is 1.41. The molecule has 6 heteroatoms. The molecule has 1 rings (SSSR count). The molecule has 0 unspecified atom stereocenters. The molecule has 0 aliphatic heterocycles. The van der Waals surface area contributed by atoms with Crippen molar-refractivity contribution in [3.8, 4) is 11.5 Å². The highest BCUT2D eigenvalue weighted by atomic mass is 35.5. The van der Waals surface area contributed by atoms with Crippen molar-refractivity contribution in [2.75, 3.05) is 19.7 Å². The van der Waals surface area contributed by atoms with E-state index in [9.17, 15) is 15.0 Å². The van der Waals surface area contributed by atoms with Crippen LogP contribution in [-0.4, -0.2) is 35.9 Å². The summed E-state index contributed by atoms with van der Waals surface area (Å²) in [5, 5.41) is 21.8. The fourth-order valence-electron chi connectivity index (χ4n) is 1.41. The van der Waals surface area contributed by atoms with Crippen molar-refractivity contribution in [1.82, 2.24) is 5.32 Å². The molecule has 0 fully saturated rings. The van der Waals surface area contributed by atoms with Gasteiger partial charge in [-0.2, -0.15) is 0 Å². The lowest BCUT2D eigenvalue weighted by Gasteiger charge is -2.07. The second-order valence-electron chi connectivity index (χ2n) is 3.94. The van der Waals surface area contributed by atoms with Gasteiger partial charge in [-0.15, -0.1) is 12.4 Å². The Bertz CT molecular complexity index is 398. The minimum Gasteiger partial charge on any atom is -0.508 e. The highest BCUT2D eigenvalue weighted by Gasteiger charge is 2.13. The maximum atomic E-state index is 11.6. The van der Waals surface area contributed by atoms with E-state index in [2.05, 4.69) is 12.2 Å². The monoisotopic (exact) mass is 289 g/mol. The molecule has 108 valence electrons. The van der Waals surface area contributed by atoms with Crippen LogP contribution in [0.4, 0.5) is 0 Å². The normalized spacial score (nSPS) is 9.74. The first-order valence-electron chi connectivity index (χ1n) is 6.05. The highest BCUT2D eigenvalue weighted by molar-refractivity contribution is 5.92. The Morgan fingerprint density at radius 1 is 1.32 bits per heavy atom. The van der Waals surface area contributed by atoms with Crippen LogP contribution in [0.15, 0.2) is 18.2 Å². The lowest BCUT2D eigenvalue weighted by Crippen LogP contribution is -2.22. The summed E-state index contributed by atoms with van der Waals surface area (Å²) >= 11 is 0. The molecule has 19 heavy (non-hydrogen) atoms. The van der Waals surface area contributed by atoms with Gasteiger partial charge >= 0.3 is 5.97 Å². The molecule has 0 saturated heterocycles. The van der Waals surface area contributed by atoms with Crippen molar-refractivity contribution < 1.29 is 19.7 Å². The van der Waals surface area contributed by atoms with Gasteiger partial charge in [0, 0.05) is 6.54 Å². The molecule has 5 nitrogen and oxygen atoms in total. The Morgan fingerprint density at radius 2 is 2.05 bits per heavy atom. The summed E-state index contributed by atoms with van der Waals surface area (Å²) in [5.41, 5.74) is -0.0245. The Labute approximate surface area is 119 Å². The van der Waals surface area contributed by atoms with E-state index in [0.29, 0.717) is 6.54 Å². The van der Waals surface area contributed by atoms with E-state index in [1.807, 2.05) is 0 Å². The summed E-state index contributed by atoms with van der Waals surface area (Å²) in [4.78, 5) is 11.6. The third-order valence-electron chi connectivity index (χ3n) is 2.42. The maximum absolute atomic E-state index is 11.6. The van der Waals surface area contributed by atoms with Gasteiger partial charge in [-0.3, -0.25) is 0 Å². The number of carbonyl (C=O) groups excluding carboxylic acids is 1. The Hall–Kier alpha value is -1.46. The zero-order valence-corrected chi connectivity index (χ0v) is 11.7. The molecule has 1 aromatic rings. The zero-order chi connectivity index (χ0) is 13.4. The van der Waals surface area contributed by atoms with Crippen molar-refractivity contribution in [2.45, 2.75) is 19.8 Å². The molecule has 0 radical (unpaired) electrons. The van der Waals surface area contributed by atoms with Crippen LogP contribution in [-0.2, 0) is 4.74 Å². The van der Waals surface area contributed by atoms with Gasteiger partial charge in [0.2, 0.25) is 0 Å². The lowest BCUT2D eigenvalue weighted by atomic mass is 10.2. The van der Waals surface area contributed by atoms with Gasteiger partial charge in [0.25, 0.3) is 0 Å². The number of halogens is 1. The number of phenols is 2. The van der Waals surface area contributed by atoms with E-state index >= 15 is 0 Å². The standard InChI is InChI=1S/C13H19NO4.ClH/c1-2-3-6-14-7-8-18-13(17)11-9-10(15)4-5-12(11)16;/h4-5,9,14-16H,2-3,6-8H2,1H3;1H. The molecule has 1 aromatic carbocycles. The van der Waals surface area contributed by atoms with Gasteiger partial charge in [0.05, 0.1) is 0 Å². The van der Waals surface area contributed by atoms with Crippen LogP contribution >= 0.6 is 12.4 Å². The van der Waals surface area contributed by atoms with Gasteiger partial charge in [0.1, 0.15) is 23.7 Å². The number of hydrogen-bond acceptors (Lipinski definition) is 5. The van der Waals surface area contributed by atoms with Crippen LogP contribution in [0.2, 0.25) is 0 Å². The Balaban J connectivity index is 0.00000324. The summed E-state index contributed by atoms with van der Waals surface area (Å²) in [6, 6.07) is 3.74. The summed E-state index contributed by atoms with van der Waals surface area (Å²) < 4.78 is 4.97. The van der Waals surface area contributed by atoms with Crippen LogP contribution < -0.4 is 5.32 Å². The second kappa shape index (κ2) is 9.47. The number of benzene rings is 1. The van der Waals surface area contributed by atoms with Crippen molar-refractivity contribution in [2.24, 2.45) is 0 Å². The molecule has 0 spiro atoms. The van der Waals surface area contributed by atoms with Crippen LogP contribution in [0.25, 0.3) is 0 Å². The summed E-state index contributed by atoms with van der Waals surface area (Å²) in [5.74, 6) is -0.918. The molecule has 0 bridgehead atoms. The van der Waals surface area contributed by atoms with Crippen LogP contribution in [0, 0.1) is 0 Å². The largest absolute Gasteiger partial charge is 0.508 e. The molecule has 0 aromatic heterocycles.